The lowest BCUT2D eigenvalue weighted by molar-refractivity contribution is 0.156. The molecule has 8 heteroatoms. The molecule has 0 bridgehead atoms. The Hall–Kier alpha value is -1.41. The molecule has 0 saturated carbocycles. The molecular formula is C23H21BrCl2N2O2S. The lowest BCUT2D eigenvalue weighted by Gasteiger charge is -2.39. The van der Waals surface area contributed by atoms with Crippen LogP contribution < -0.4 is 0 Å². The summed E-state index contributed by atoms with van der Waals surface area (Å²) >= 11 is 15.7. The number of halogens is 3. The highest BCUT2D eigenvalue weighted by molar-refractivity contribution is 9.10. The van der Waals surface area contributed by atoms with Crippen LogP contribution in [0.5, 0.6) is 0 Å². The summed E-state index contributed by atoms with van der Waals surface area (Å²) in [6, 6.07) is 23.6. The molecule has 1 aliphatic rings. The first-order valence-corrected chi connectivity index (χ1v) is 12.9. The van der Waals surface area contributed by atoms with Crippen molar-refractivity contribution in [3.8, 4) is 0 Å². The van der Waals surface area contributed by atoms with Crippen molar-refractivity contribution in [2.45, 2.75) is 10.9 Å². The number of hydrogen-bond donors (Lipinski definition) is 0. The summed E-state index contributed by atoms with van der Waals surface area (Å²) in [5, 5.41) is 0.472. The molecule has 0 amide bonds. The molecule has 0 spiro atoms. The van der Waals surface area contributed by atoms with Gasteiger partial charge in [-0.15, -0.1) is 0 Å². The molecule has 4 nitrogen and oxygen atoms in total. The van der Waals surface area contributed by atoms with Crippen LogP contribution in [0.25, 0.3) is 0 Å². The van der Waals surface area contributed by atoms with E-state index in [2.05, 4.69) is 45.1 Å². The summed E-state index contributed by atoms with van der Waals surface area (Å²) in [7, 11) is -3.74. The molecule has 1 saturated heterocycles. The van der Waals surface area contributed by atoms with Gasteiger partial charge >= 0.3 is 0 Å². The third-order valence-corrected chi connectivity index (χ3v) is 9.02. The monoisotopic (exact) mass is 538 g/mol. The van der Waals surface area contributed by atoms with Crippen molar-refractivity contribution < 1.29 is 8.42 Å². The van der Waals surface area contributed by atoms with Crippen LogP contribution in [-0.2, 0) is 10.0 Å². The van der Waals surface area contributed by atoms with Gasteiger partial charge in [0, 0.05) is 30.7 Å². The molecule has 0 unspecified atom stereocenters. The Bertz CT molecular complexity index is 1110. The van der Waals surface area contributed by atoms with E-state index in [1.807, 2.05) is 36.4 Å². The summed E-state index contributed by atoms with van der Waals surface area (Å²) < 4.78 is 28.5. The predicted molar refractivity (Wildman–Crippen MR) is 129 cm³/mol. The summed E-state index contributed by atoms with van der Waals surface area (Å²) in [5.41, 5.74) is 2.38. The maximum atomic E-state index is 13.2. The van der Waals surface area contributed by atoms with Gasteiger partial charge in [-0.2, -0.15) is 4.31 Å². The summed E-state index contributed by atoms with van der Waals surface area (Å²) in [6.45, 7) is 1.97. The number of nitrogens with zero attached hydrogens (tertiary/aromatic N) is 2. The zero-order valence-electron chi connectivity index (χ0n) is 16.6. The minimum atomic E-state index is -3.74. The van der Waals surface area contributed by atoms with Gasteiger partial charge in [0.25, 0.3) is 0 Å². The van der Waals surface area contributed by atoms with Crippen LogP contribution in [0.2, 0.25) is 10.0 Å². The fourth-order valence-electron chi connectivity index (χ4n) is 3.93. The third-order valence-electron chi connectivity index (χ3n) is 5.46. The molecule has 0 aromatic heterocycles. The van der Waals surface area contributed by atoms with E-state index in [4.69, 9.17) is 23.2 Å². The number of hydrogen-bond acceptors (Lipinski definition) is 3. The van der Waals surface area contributed by atoms with E-state index in [9.17, 15) is 8.42 Å². The zero-order chi connectivity index (χ0) is 22.0. The number of benzene rings is 3. The maximum Gasteiger partial charge on any atom is 0.244 e. The van der Waals surface area contributed by atoms with Crippen molar-refractivity contribution in [1.29, 1.82) is 0 Å². The van der Waals surface area contributed by atoms with Crippen LogP contribution in [0.15, 0.2) is 82.2 Å². The Labute approximate surface area is 201 Å². The van der Waals surface area contributed by atoms with Crippen LogP contribution in [0.3, 0.4) is 0 Å². The average Bonchev–Trinajstić information content (AvgIpc) is 2.78. The van der Waals surface area contributed by atoms with Crippen LogP contribution in [0, 0.1) is 0 Å². The number of piperazine rings is 1. The van der Waals surface area contributed by atoms with Crippen molar-refractivity contribution in [1.82, 2.24) is 9.21 Å². The highest BCUT2D eigenvalue weighted by Gasteiger charge is 2.33. The van der Waals surface area contributed by atoms with E-state index >= 15 is 0 Å². The standard InChI is InChI=1S/C23H21BrCl2N2O2S/c24-19-15-21(26)22(16-20(19)25)31(29,30)28-13-11-27(12-14-28)23(17-7-3-1-4-8-17)18-9-5-2-6-10-18/h1-10,15-16,23H,11-14H2. The van der Waals surface area contributed by atoms with Crippen LogP contribution in [0.4, 0.5) is 0 Å². The Morgan fingerprint density at radius 1 is 0.774 bits per heavy atom. The smallest absolute Gasteiger partial charge is 0.244 e. The SMILES string of the molecule is O=S(=O)(c1cc(Cl)c(Br)cc1Cl)N1CCN(C(c2ccccc2)c2ccccc2)CC1. The van der Waals surface area contributed by atoms with Crippen LogP contribution >= 0.6 is 39.1 Å². The first-order chi connectivity index (χ1) is 14.9. The lowest BCUT2D eigenvalue weighted by atomic mass is 9.96. The van der Waals surface area contributed by atoms with Crippen molar-refractivity contribution in [3.63, 3.8) is 0 Å². The van der Waals surface area contributed by atoms with E-state index < -0.39 is 10.0 Å². The second-order valence-electron chi connectivity index (χ2n) is 7.36. The van der Waals surface area contributed by atoms with Crippen molar-refractivity contribution in [3.05, 3.63) is 98.4 Å². The van der Waals surface area contributed by atoms with Crippen molar-refractivity contribution in [2.24, 2.45) is 0 Å². The molecular weight excluding hydrogens is 519 g/mol. The predicted octanol–water partition coefficient (Wildman–Crippen LogP) is 5.85. The van der Waals surface area contributed by atoms with E-state index in [-0.39, 0.29) is 16.0 Å². The second-order valence-corrected chi connectivity index (χ2v) is 10.9. The molecule has 0 atom stereocenters. The topological polar surface area (TPSA) is 40.6 Å². The highest BCUT2D eigenvalue weighted by Crippen LogP contribution is 2.35. The molecule has 1 heterocycles. The molecule has 0 radical (unpaired) electrons. The quantitative estimate of drug-likeness (QED) is 0.382. The number of sulfonamides is 1. The molecule has 0 N–H and O–H groups in total. The highest BCUT2D eigenvalue weighted by atomic mass is 79.9. The lowest BCUT2D eigenvalue weighted by Crippen LogP contribution is -2.49. The Balaban J connectivity index is 1.58. The summed E-state index contributed by atoms with van der Waals surface area (Å²) in [4.78, 5) is 2.37. The van der Waals surface area contributed by atoms with Gasteiger partial charge in [-0.25, -0.2) is 8.42 Å². The first-order valence-electron chi connectivity index (χ1n) is 9.86. The van der Waals surface area contributed by atoms with Gasteiger partial charge in [-0.1, -0.05) is 83.9 Å². The normalized spacial score (nSPS) is 16.0. The minimum absolute atomic E-state index is 0.0403. The van der Waals surface area contributed by atoms with Gasteiger partial charge < -0.3 is 0 Å². The first kappa shape index (κ1) is 22.8. The van der Waals surface area contributed by atoms with E-state index in [0.717, 1.165) is 0 Å². The fourth-order valence-corrected chi connectivity index (χ4v) is 6.58. The molecule has 1 fully saturated rings. The second kappa shape index (κ2) is 9.61. The largest absolute Gasteiger partial charge is 0.290 e. The van der Waals surface area contributed by atoms with E-state index in [1.54, 1.807) is 0 Å². The average molecular weight is 540 g/mol. The summed E-state index contributed by atoms with van der Waals surface area (Å²) in [5.74, 6) is 0. The van der Waals surface area contributed by atoms with Gasteiger partial charge in [-0.3, -0.25) is 4.90 Å². The van der Waals surface area contributed by atoms with Gasteiger partial charge in [-0.05, 0) is 39.2 Å². The van der Waals surface area contributed by atoms with E-state index in [0.29, 0.717) is 35.7 Å². The molecule has 3 aromatic rings. The number of rotatable bonds is 5. The Morgan fingerprint density at radius 2 is 1.29 bits per heavy atom. The van der Waals surface area contributed by atoms with Gasteiger partial charge in [0.15, 0.2) is 0 Å². The molecule has 3 aromatic carbocycles. The molecule has 4 rings (SSSR count). The van der Waals surface area contributed by atoms with Crippen molar-refractivity contribution >= 4 is 49.2 Å². The Kier molecular flexibility index (Phi) is 7.06. The Morgan fingerprint density at radius 3 is 1.81 bits per heavy atom. The van der Waals surface area contributed by atoms with Crippen molar-refractivity contribution in [2.75, 3.05) is 26.2 Å². The van der Waals surface area contributed by atoms with Crippen LogP contribution in [0.1, 0.15) is 17.2 Å². The van der Waals surface area contributed by atoms with Gasteiger partial charge in [0.05, 0.1) is 16.1 Å². The third kappa shape index (κ3) is 4.85. The van der Waals surface area contributed by atoms with Gasteiger partial charge in [0.2, 0.25) is 10.0 Å². The van der Waals surface area contributed by atoms with Crippen LogP contribution in [-0.4, -0.2) is 43.8 Å². The maximum absolute atomic E-state index is 13.2. The summed E-state index contributed by atoms with van der Waals surface area (Å²) in [6.07, 6.45) is 0. The zero-order valence-corrected chi connectivity index (χ0v) is 20.5. The molecule has 0 aliphatic carbocycles. The fraction of sp³-hybridized carbons (Fsp3) is 0.217. The van der Waals surface area contributed by atoms with Gasteiger partial charge in [0.1, 0.15) is 4.90 Å². The molecule has 31 heavy (non-hydrogen) atoms. The molecule has 162 valence electrons. The van der Waals surface area contributed by atoms with E-state index in [1.165, 1.54) is 27.6 Å². The molecule has 1 aliphatic heterocycles. The minimum Gasteiger partial charge on any atom is -0.290 e.